The van der Waals surface area contributed by atoms with Crippen LogP contribution in [0.1, 0.15) is 51.9 Å². The van der Waals surface area contributed by atoms with Crippen LogP contribution in [0.5, 0.6) is 0 Å². The van der Waals surface area contributed by atoms with Gasteiger partial charge in [-0.3, -0.25) is 4.90 Å². The molecule has 0 unspecified atom stereocenters. The van der Waals surface area contributed by atoms with Crippen LogP contribution in [0.4, 0.5) is 4.79 Å². The van der Waals surface area contributed by atoms with Gasteiger partial charge in [-0.2, -0.15) is 0 Å². The van der Waals surface area contributed by atoms with E-state index in [1.54, 1.807) is 0 Å². The van der Waals surface area contributed by atoms with Gasteiger partial charge in [0.05, 0.1) is 12.7 Å². The van der Waals surface area contributed by atoms with Crippen LogP contribution in [-0.4, -0.2) is 67.9 Å². The number of piperidine rings is 2. The fourth-order valence-electron chi connectivity index (χ4n) is 5.08. The highest BCUT2D eigenvalue weighted by atomic mass is 16.6. The Hall–Kier alpha value is -0.810. The lowest BCUT2D eigenvalue weighted by molar-refractivity contribution is -0.0506. The molecule has 0 aromatic rings. The fraction of sp³-hybridized carbons (Fsp3) is 0.944. The third-order valence-corrected chi connectivity index (χ3v) is 6.25. The standard InChI is InChI=1S/C18H32N2O3/c1-3-23-17(21)19-12-7-15(8-13-19)20-11-5-10-18(14-20)9-4-6-16(18)22-2/h15-16H,3-14H2,1-2H3/t16-,18-/m1/s1. The number of rotatable bonds is 3. The third kappa shape index (κ3) is 3.50. The van der Waals surface area contributed by atoms with Crippen LogP contribution >= 0.6 is 0 Å². The fourth-order valence-corrected chi connectivity index (χ4v) is 5.08. The number of likely N-dealkylation sites (tertiary alicyclic amines) is 2. The first-order valence-electron chi connectivity index (χ1n) is 9.37. The second-order valence-corrected chi connectivity index (χ2v) is 7.47. The van der Waals surface area contributed by atoms with Gasteiger partial charge in [0.2, 0.25) is 0 Å². The molecular formula is C18H32N2O3. The molecule has 23 heavy (non-hydrogen) atoms. The topological polar surface area (TPSA) is 42.0 Å². The molecule has 0 bridgehead atoms. The maximum atomic E-state index is 11.8. The number of ether oxygens (including phenoxy) is 2. The minimum absolute atomic E-state index is 0.142. The van der Waals surface area contributed by atoms with E-state index in [1.165, 1.54) is 45.2 Å². The molecule has 3 fully saturated rings. The second-order valence-electron chi connectivity index (χ2n) is 7.47. The average molecular weight is 324 g/mol. The van der Waals surface area contributed by atoms with Crippen LogP contribution in [0.25, 0.3) is 0 Å². The monoisotopic (exact) mass is 324 g/mol. The van der Waals surface area contributed by atoms with Gasteiger partial charge in [0.1, 0.15) is 0 Å². The zero-order valence-electron chi connectivity index (χ0n) is 14.8. The first-order valence-corrected chi connectivity index (χ1v) is 9.37. The van der Waals surface area contributed by atoms with Gasteiger partial charge in [-0.05, 0) is 52.0 Å². The lowest BCUT2D eigenvalue weighted by Gasteiger charge is -2.48. The van der Waals surface area contributed by atoms with Gasteiger partial charge in [-0.15, -0.1) is 0 Å². The molecule has 3 aliphatic rings. The van der Waals surface area contributed by atoms with Crippen molar-refractivity contribution in [2.45, 2.75) is 64.0 Å². The molecule has 132 valence electrons. The Morgan fingerprint density at radius 3 is 2.57 bits per heavy atom. The average Bonchev–Trinajstić information content (AvgIpc) is 2.97. The third-order valence-electron chi connectivity index (χ3n) is 6.25. The molecule has 5 heteroatoms. The summed E-state index contributed by atoms with van der Waals surface area (Å²) in [4.78, 5) is 16.4. The highest BCUT2D eigenvalue weighted by Crippen LogP contribution is 2.47. The van der Waals surface area contributed by atoms with Crippen LogP contribution in [0, 0.1) is 5.41 Å². The number of nitrogens with zero attached hydrogens (tertiary/aromatic N) is 2. The van der Waals surface area contributed by atoms with Crippen LogP contribution in [-0.2, 0) is 9.47 Å². The van der Waals surface area contributed by atoms with Gasteiger partial charge >= 0.3 is 6.09 Å². The summed E-state index contributed by atoms with van der Waals surface area (Å²) in [6.07, 6.45) is 8.94. The molecule has 1 aliphatic carbocycles. The Morgan fingerprint density at radius 1 is 1.13 bits per heavy atom. The van der Waals surface area contributed by atoms with Crippen molar-refractivity contribution < 1.29 is 14.3 Å². The molecule has 2 heterocycles. The van der Waals surface area contributed by atoms with Crippen molar-refractivity contribution in [2.75, 3.05) is 39.9 Å². The molecule has 1 spiro atoms. The number of amides is 1. The highest BCUT2D eigenvalue weighted by molar-refractivity contribution is 5.67. The summed E-state index contributed by atoms with van der Waals surface area (Å²) in [6.45, 7) is 6.40. The summed E-state index contributed by atoms with van der Waals surface area (Å²) in [5, 5.41) is 0. The molecule has 0 radical (unpaired) electrons. The summed E-state index contributed by atoms with van der Waals surface area (Å²) in [5.74, 6) is 0. The normalized spacial score (nSPS) is 33.3. The summed E-state index contributed by atoms with van der Waals surface area (Å²) >= 11 is 0. The van der Waals surface area contributed by atoms with E-state index < -0.39 is 0 Å². The lowest BCUT2D eigenvalue weighted by Crippen LogP contribution is -2.54. The molecule has 5 nitrogen and oxygen atoms in total. The molecular weight excluding hydrogens is 292 g/mol. The summed E-state index contributed by atoms with van der Waals surface area (Å²) < 4.78 is 10.9. The van der Waals surface area contributed by atoms with Crippen molar-refractivity contribution in [1.82, 2.24) is 9.80 Å². The zero-order valence-corrected chi connectivity index (χ0v) is 14.8. The first kappa shape index (κ1) is 17.0. The van der Waals surface area contributed by atoms with Gasteiger partial charge in [0.15, 0.2) is 0 Å². The minimum atomic E-state index is -0.142. The Kier molecular flexibility index (Phi) is 5.47. The van der Waals surface area contributed by atoms with Gasteiger partial charge in [0, 0.05) is 38.2 Å². The first-order chi connectivity index (χ1) is 11.2. The van der Waals surface area contributed by atoms with Gasteiger partial charge < -0.3 is 14.4 Å². The van der Waals surface area contributed by atoms with E-state index in [-0.39, 0.29) is 6.09 Å². The summed E-state index contributed by atoms with van der Waals surface area (Å²) in [6, 6.07) is 0.621. The van der Waals surface area contributed by atoms with Crippen molar-refractivity contribution in [3.8, 4) is 0 Å². The van der Waals surface area contributed by atoms with Gasteiger partial charge in [-0.25, -0.2) is 4.79 Å². The number of hydrogen-bond acceptors (Lipinski definition) is 4. The molecule has 0 aromatic heterocycles. The highest BCUT2D eigenvalue weighted by Gasteiger charge is 2.47. The van der Waals surface area contributed by atoms with Crippen LogP contribution < -0.4 is 0 Å². The molecule has 2 aliphatic heterocycles. The molecule has 0 aromatic carbocycles. The predicted molar refractivity (Wildman–Crippen MR) is 89.5 cm³/mol. The van der Waals surface area contributed by atoms with Crippen molar-refractivity contribution in [2.24, 2.45) is 5.41 Å². The van der Waals surface area contributed by atoms with Crippen molar-refractivity contribution in [3.63, 3.8) is 0 Å². The van der Waals surface area contributed by atoms with Crippen molar-refractivity contribution >= 4 is 6.09 Å². The van der Waals surface area contributed by atoms with Crippen molar-refractivity contribution in [1.29, 1.82) is 0 Å². The van der Waals surface area contributed by atoms with Crippen LogP contribution in [0.3, 0.4) is 0 Å². The van der Waals surface area contributed by atoms with E-state index in [0.29, 0.717) is 24.2 Å². The molecule has 3 rings (SSSR count). The van der Waals surface area contributed by atoms with E-state index in [4.69, 9.17) is 9.47 Å². The number of hydrogen-bond donors (Lipinski definition) is 0. The number of methoxy groups -OCH3 is 1. The molecule has 1 amide bonds. The van der Waals surface area contributed by atoms with Gasteiger partial charge in [0.25, 0.3) is 0 Å². The molecule has 1 saturated carbocycles. The SMILES string of the molecule is CCOC(=O)N1CCC(N2CCC[C@]3(CCC[C@H]3OC)C2)CC1. The second kappa shape index (κ2) is 7.39. The summed E-state index contributed by atoms with van der Waals surface area (Å²) in [7, 11) is 1.88. The maximum Gasteiger partial charge on any atom is 0.409 e. The Labute approximate surface area is 140 Å². The quantitative estimate of drug-likeness (QED) is 0.800. The Balaban J connectivity index is 1.55. The van der Waals surface area contributed by atoms with E-state index in [9.17, 15) is 4.79 Å². The van der Waals surface area contributed by atoms with E-state index in [0.717, 1.165) is 25.9 Å². The Bertz CT molecular complexity index is 409. The lowest BCUT2D eigenvalue weighted by atomic mass is 9.76. The van der Waals surface area contributed by atoms with Crippen LogP contribution in [0.15, 0.2) is 0 Å². The minimum Gasteiger partial charge on any atom is -0.450 e. The Morgan fingerprint density at radius 2 is 1.87 bits per heavy atom. The number of carbonyl (C=O) groups excluding carboxylic acids is 1. The summed E-state index contributed by atoms with van der Waals surface area (Å²) in [5.41, 5.74) is 0.394. The van der Waals surface area contributed by atoms with Gasteiger partial charge in [-0.1, -0.05) is 6.42 Å². The maximum absolute atomic E-state index is 11.8. The predicted octanol–water partition coefficient (Wildman–Crippen LogP) is 2.89. The molecule has 2 saturated heterocycles. The molecule has 2 atom stereocenters. The van der Waals surface area contributed by atoms with E-state index >= 15 is 0 Å². The largest absolute Gasteiger partial charge is 0.450 e. The van der Waals surface area contributed by atoms with Crippen molar-refractivity contribution in [3.05, 3.63) is 0 Å². The number of carbonyl (C=O) groups is 1. The van der Waals surface area contributed by atoms with E-state index in [1.807, 2.05) is 18.9 Å². The smallest absolute Gasteiger partial charge is 0.409 e. The van der Waals surface area contributed by atoms with Crippen LogP contribution in [0.2, 0.25) is 0 Å². The zero-order chi connectivity index (χ0) is 16.3. The van der Waals surface area contributed by atoms with E-state index in [2.05, 4.69) is 4.90 Å². The molecule has 0 N–H and O–H groups in total.